The standard InChI is InChI=1S/C14H20N2O4/c1-3-20-12-8-10(2)4-5-11(12)9-16-14(19)15-7-6-13(17)18/h4-5,8H,3,6-7,9H2,1-2H3,(H,17,18)(H2,15,16,19). The third-order valence-electron chi connectivity index (χ3n) is 2.59. The first-order valence-electron chi connectivity index (χ1n) is 6.48. The molecule has 3 N–H and O–H groups in total. The predicted molar refractivity (Wildman–Crippen MR) is 74.8 cm³/mol. The van der Waals surface area contributed by atoms with Crippen LogP contribution < -0.4 is 15.4 Å². The molecular formula is C14H20N2O4. The molecule has 20 heavy (non-hydrogen) atoms. The van der Waals surface area contributed by atoms with E-state index in [0.29, 0.717) is 13.2 Å². The zero-order chi connectivity index (χ0) is 15.0. The van der Waals surface area contributed by atoms with Gasteiger partial charge in [0.2, 0.25) is 0 Å². The molecule has 0 bridgehead atoms. The van der Waals surface area contributed by atoms with Crippen molar-refractivity contribution in [1.82, 2.24) is 10.6 Å². The van der Waals surface area contributed by atoms with Crippen molar-refractivity contribution in [2.24, 2.45) is 0 Å². The third-order valence-corrected chi connectivity index (χ3v) is 2.59. The lowest BCUT2D eigenvalue weighted by Crippen LogP contribution is -2.36. The van der Waals surface area contributed by atoms with Crippen LogP contribution in [0.25, 0.3) is 0 Å². The first kappa shape index (κ1) is 15.8. The number of hydrogen-bond acceptors (Lipinski definition) is 3. The minimum Gasteiger partial charge on any atom is -0.494 e. The van der Waals surface area contributed by atoms with Crippen molar-refractivity contribution in [2.45, 2.75) is 26.8 Å². The Hall–Kier alpha value is -2.24. The van der Waals surface area contributed by atoms with Gasteiger partial charge >= 0.3 is 12.0 Å². The van der Waals surface area contributed by atoms with E-state index in [1.54, 1.807) is 0 Å². The van der Waals surface area contributed by atoms with Gasteiger partial charge in [-0.25, -0.2) is 4.79 Å². The minimum absolute atomic E-state index is 0.0951. The van der Waals surface area contributed by atoms with E-state index in [-0.39, 0.29) is 13.0 Å². The maximum Gasteiger partial charge on any atom is 0.315 e. The molecule has 0 aliphatic heterocycles. The number of aryl methyl sites for hydroxylation is 1. The van der Waals surface area contributed by atoms with Crippen LogP contribution in [0.3, 0.4) is 0 Å². The van der Waals surface area contributed by atoms with E-state index in [4.69, 9.17) is 9.84 Å². The van der Waals surface area contributed by atoms with Crippen molar-refractivity contribution in [3.63, 3.8) is 0 Å². The molecule has 110 valence electrons. The van der Waals surface area contributed by atoms with Crippen LogP contribution in [0.1, 0.15) is 24.5 Å². The van der Waals surface area contributed by atoms with Crippen LogP contribution in [-0.2, 0) is 11.3 Å². The van der Waals surface area contributed by atoms with Crippen molar-refractivity contribution in [3.8, 4) is 5.75 Å². The normalized spacial score (nSPS) is 9.90. The van der Waals surface area contributed by atoms with E-state index in [2.05, 4.69) is 10.6 Å². The van der Waals surface area contributed by atoms with E-state index < -0.39 is 12.0 Å². The molecule has 0 saturated heterocycles. The van der Waals surface area contributed by atoms with Crippen molar-refractivity contribution in [2.75, 3.05) is 13.2 Å². The molecular weight excluding hydrogens is 260 g/mol. The fourth-order valence-corrected chi connectivity index (χ4v) is 1.62. The molecule has 0 aromatic heterocycles. The summed E-state index contributed by atoms with van der Waals surface area (Å²) < 4.78 is 5.51. The number of benzene rings is 1. The summed E-state index contributed by atoms with van der Waals surface area (Å²) in [5.41, 5.74) is 1.97. The first-order chi connectivity index (χ1) is 9.52. The second kappa shape index (κ2) is 8.04. The molecule has 0 atom stereocenters. The molecule has 6 heteroatoms. The second-order valence-electron chi connectivity index (χ2n) is 4.30. The average molecular weight is 280 g/mol. The molecule has 0 radical (unpaired) electrons. The van der Waals surface area contributed by atoms with Crippen LogP contribution in [-0.4, -0.2) is 30.3 Å². The lowest BCUT2D eigenvalue weighted by molar-refractivity contribution is -0.136. The predicted octanol–water partition coefficient (Wildman–Crippen LogP) is 1.67. The van der Waals surface area contributed by atoms with Gasteiger partial charge in [0, 0.05) is 18.7 Å². The summed E-state index contributed by atoms with van der Waals surface area (Å²) in [5, 5.41) is 13.6. The molecule has 0 unspecified atom stereocenters. The Morgan fingerprint density at radius 1 is 1.30 bits per heavy atom. The van der Waals surface area contributed by atoms with Gasteiger partial charge in [-0.3, -0.25) is 4.79 Å². The Morgan fingerprint density at radius 2 is 2.05 bits per heavy atom. The number of hydrogen-bond donors (Lipinski definition) is 3. The summed E-state index contributed by atoms with van der Waals surface area (Å²) in [7, 11) is 0. The molecule has 1 aromatic rings. The van der Waals surface area contributed by atoms with E-state index in [9.17, 15) is 9.59 Å². The summed E-state index contributed by atoms with van der Waals surface area (Å²) in [6.45, 7) is 4.86. The summed E-state index contributed by atoms with van der Waals surface area (Å²) >= 11 is 0. The molecule has 1 aromatic carbocycles. The number of ether oxygens (including phenoxy) is 1. The molecule has 0 spiro atoms. The maximum atomic E-state index is 11.5. The molecule has 0 heterocycles. The number of carboxylic acid groups (broad SMARTS) is 1. The van der Waals surface area contributed by atoms with Crippen molar-refractivity contribution in [3.05, 3.63) is 29.3 Å². The van der Waals surface area contributed by atoms with Gasteiger partial charge in [-0.1, -0.05) is 12.1 Å². The number of rotatable bonds is 7. The van der Waals surface area contributed by atoms with Gasteiger partial charge in [0.1, 0.15) is 5.75 Å². The van der Waals surface area contributed by atoms with Crippen molar-refractivity contribution in [1.29, 1.82) is 0 Å². The SMILES string of the molecule is CCOc1cc(C)ccc1CNC(=O)NCCC(=O)O. The Kier molecular flexibility index (Phi) is 6.36. The Bertz CT molecular complexity index is 474. The van der Waals surface area contributed by atoms with Crippen molar-refractivity contribution < 1.29 is 19.4 Å². The number of urea groups is 1. The van der Waals surface area contributed by atoms with E-state index in [0.717, 1.165) is 16.9 Å². The minimum atomic E-state index is -0.942. The Balaban J connectivity index is 2.48. The number of aliphatic carboxylic acids is 1. The lowest BCUT2D eigenvalue weighted by Gasteiger charge is -2.12. The van der Waals surface area contributed by atoms with Crippen LogP contribution in [0.4, 0.5) is 4.79 Å². The van der Waals surface area contributed by atoms with Gasteiger partial charge in [0.15, 0.2) is 0 Å². The highest BCUT2D eigenvalue weighted by Crippen LogP contribution is 2.20. The van der Waals surface area contributed by atoms with E-state index >= 15 is 0 Å². The van der Waals surface area contributed by atoms with Crippen LogP contribution >= 0.6 is 0 Å². The summed E-state index contributed by atoms with van der Waals surface area (Å²) in [4.78, 5) is 21.8. The summed E-state index contributed by atoms with van der Waals surface area (Å²) in [6, 6.07) is 5.37. The maximum absolute atomic E-state index is 11.5. The van der Waals surface area contributed by atoms with Gasteiger partial charge in [0.25, 0.3) is 0 Å². The van der Waals surface area contributed by atoms with E-state index in [1.165, 1.54) is 0 Å². The van der Waals surface area contributed by atoms with E-state index in [1.807, 2.05) is 32.0 Å². The van der Waals surface area contributed by atoms with Crippen LogP contribution in [0.15, 0.2) is 18.2 Å². The molecule has 0 aliphatic carbocycles. The number of carbonyl (C=O) groups excluding carboxylic acids is 1. The average Bonchev–Trinajstić information content (AvgIpc) is 2.37. The second-order valence-corrected chi connectivity index (χ2v) is 4.30. The van der Waals surface area contributed by atoms with Gasteiger partial charge in [-0.05, 0) is 25.5 Å². The topological polar surface area (TPSA) is 87.7 Å². The number of amides is 2. The van der Waals surface area contributed by atoms with Gasteiger partial charge in [-0.15, -0.1) is 0 Å². The lowest BCUT2D eigenvalue weighted by atomic mass is 10.1. The molecule has 0 aliphatic rings. The zero-order valence-electron chi connectivity index (χ0n) is 11.7. The van der Waals surface area contributed by atoms with Crippen molar-refractivity contribution >= 4 is 12.0 Å². The van der Waals surface area contributed by atoms with Gasteiger partial charge in [-0.2, -0.15) is 0 Å². The molecule has 0 fully saturated rings. The highest BCUT2D eigenvalue weighted by molar-refractivity contribution is 5.75. The van der Waals surface area contributed by atoms with Gasteiger partial charge < -0.3 is 20.5 Å². The fraction of sp³-hybridized carbons (Fsp3) is 0.429. The quantitative estimate of drug-likeness (QED) is 0.709. The third kappa shape index (κ3) is 5.60. The number of nitrogens with one attached hydrogen (secondary N) is 2. The number of carbonyl (C=O) groups is 2. The Morgan fingerprint density at radius 3 is 2.70 bits per heavy atom. The summed E-state index contributed by atoms with van der Waals surface area (Å²) in [5.74, 6) is -0.194. The smallest absolute Gasteiger partial charge is 0.315 e. The van der Waals surface area contributed by atoms with Crippen LogP contribution in [0, 0.1) is 6.92 Å². The first-order valence-corrected chi connectivity index (χ1v) is 6.48. The molecule has 1 rings (SSSR count). The monoisotopic (exact) mass is 280 g/mol. The number of carboxylic acids is 1. The largest absolute Gasteiger partial charge is 0.494 e. The highest BCUT2D eigenvalue weighted by Gasteiger charge is 2.06. The molecule has 2 amide bonds. The molecule has 0 saturated carbocycles. The van der Waals surface area contributed by atoms with Crippen LogP contribution in [0.2, 0.25) is 0 Å². The summed E-state index contributed by atoms with van der Waals surface area (Å²) in [6.07, 6.45) is -0.0951. The zero-order valence-corrected chi connectivity index (χ0v) is 11.7. The highest BCUT2D eigenvalue weighted by atomic mass is 16.5. The Labute approximate surface area is 118 Å². The van der Waals surface area contributed by atoms with Gasteiger partial charge in [0.05, 0.1) is 13.0 Å². The van der Waals surface area contributed by atoms with Crippen LogP contribution in [0.5, 0.6) is 5.75 Å². The molecule has 6 nitrogen and oxygen atoms in total. The fourth-order valence-electron chi connectivity index (χ4n) is 1.62.